The fraction of sp³-hybridized carbons (Fsp3) is 0.500. The molecule has 0 unspecified atom stereocenters. The van der Waals surface area contributed by atoms with Gasteiger partial charge in [0.25, 0.3) is 0 Å². The van der Waals surface area contributed by atoms with Crippen molar-refractivity contribution in [1.82, 2.24) is 9.88 Å². The first-order valence-corrected chi connectivity index (χ1v) is 6.60. The minimum Gasteiger partial charge on any atom is -0.388 e. The SMILES string of the molecule is CC(=O)N1CCC2(CC1)CC(c1cccnc1)=NO2. The first kappa shape index (κ1) is 12.1. The van der Waals surface area contributed by atoms with Crippen molar-refractivity contribution < 1.29 is 9.63 Å². The Bertz CT molecular complexity index is 505. The summed E-state index contributed by atoms with van der Waals surface area (Å²) in [5.74, 6) is 0.140. The fourth-order valence-corrected chi connectivity index (χ4v) is 2.71. The number of aromatic nitrogens is 1. The molecule has 1 fully saturated rings. The van der Waals surface area contributed by atoms with E-state index < -0.39 is 0 Å². The van der Waals surface area contributed by atoms with Gasteiger partial charge in [0.05, 0.1) is 5.71 Å². The van der Waals surface area contributed by atoms with Gasteiger partial charge in [0.15, 0.2) is 0 Å². The molecule has 1 spiro atoms. The molecular weight excluding hydrogens is 242 g/mol. The van der Waals surface area contributed by atoms with Gasteiger partial charge in [-0.05, 0) is 12.1 Å². The van der Waals surface area contributed by atoms with E-state index in [1.54, 1.807) is 13.1 Å². The van der Waals surface area contributed by atoms with Crippen LogP contribution in [0.5, 0.6) is 0 Å². The highest BCUT2D eigenvalue weighted by Gasteiger charge is 2.42. The van der Waals surface area contributed by atoms with Crippen LogP contribution < -0.4 is 0 Å². The normalized spacial score (nSPS) is 21.1. The Labute approximate surface area is 112 Å². The van der Waals surface area contributed by atoms with Crippen LogP contribution in [0.3, 0.4) is 0 Å². The van der Waals surface area contributed by atoms with Gasteiger partial charge in [-0.25, -0.2) is 0 Å². The van der Waals surface area contributed by atoms with E-state index >= 15 is 0 Å². The number of carbonyl (C=O) groups excluding carboxylic acids is 1. The van der Waals surface area contributed by atoms with E-state index in [0.717, 1.165) is 43.6 Å². The van der Waals surface area contributed by atoms with Crippen molar-refractivity contribution in [2.24, 2.45) is 5.16 Å². The van der Waals surface area contributed by atoms with E-state index in [1.807, 2.05) is 23.2 Å². The average Bonchev–Trinajstić information content (AvgIpc) is 2.84. The second kappa shape index (κ2) is 4.64. The van der Waals surface area contributed by atoms with Crippen LogP contribution in [-0.4, -0.2) is 40.2 Å². The molecule has 1 amide bonds. The van der Waals surface area contributed by atoms with Crippen LogP contribution in [0.4, 0.5) is 0 Å². The van der Waals surface area contributed by atoms with Gasteiger partial charge in [-0.2, -0.15) is 0 Å². The van der Waals surface area contributed by atoms with Gasteiger partial charge in [-0.15, -0.1) is 0 Å². The lowest BCUT2D eigenvalue weighted by Gasteiger charge is -2.36. The Morgan fingerprint density at radius 3 is 2.84 bits per heavy atom. The highest BCUT2D eigenvalue weighted by atomic mass is 16.7. The molecule has 3 rings (SSSR count). The van der Waals surface area contributed by atoms with Crippen molar-refractivity contribution >= 4 is 11.6 Å². The van der Waals surface area contributed by atoms with Gasteiger partial charge in [0, 0.05) is 57.2 Å². The molecule has 19 heavy (non-hydrogen) atoms. The lowest BCUT2D eigenvalue weighted by molar-refractivity contribution is -0.134. The zero-order chi connectivity index (χ0) is 13.3. The molecule has 100 valence electrons. The number of hydrogen-bond acceptors (Lipinski definition) is 4. The Morgan fingerprint density at radius 2 is 2.21 bits per heavy atom. The summed E-state index contributed by atoms with van der Waals surface area (Å²) >= 11 is 0. The van der Waals surface area contributed by atoms with E-state index in [9.17, 15) is 4.79 Å². The second-order valence-electron chi connectivity index (χ2n) is 5.24. The quantitative estimate of drug-likeness (QED) is 0.769. The smallest absolute Gasteiger partial charge is 0.219 e. The predicted molar refractivity (Wildman–Crippen MR) is 70.7 cm³/mol. The molecule has 0 aliphatic carbocycles. The van der Waals surface area contributed by atoms with Gasteiger partial charge in [-0.3, -0.25) is 9.78 Å². The second-order valence-corrected chi connectivity index (χ2v) is 5.24. The molecule has 1 aromatic heterocycles. The summed E-state index contributed by atoms with van der Waals surface area (Å²) in [5, 5.41) is 4.23. The summed E-state index contributed by atoms with van der Waals surface area (Å²) in [6, 6.07) is 3.90. The third-order valence-corrected chi connectivity index (χ3v) is 3.95. The largest absolute Gasteiger partial charge is 0.388 e. The summed E-state index contributed by atoms with van der Waals surface area (Å²) in [6.45, 7) is 3.13. The van der Waals surface area contributed by atoms with Crippen molar-refractivity contribution in [1.29, 1.82) is 0 Å². The predicted octanol–water partition coefficient (Wildman–Crippen LogP) is 1.59. The van der Waals surface area contributed by atoms with Crippen molar-refractivity contribution in [2.75, 3.05) is 13.1 Å². The van der Waals surface area contributed by atoms with E-state index in [4.69, 9.17) is 4.84 Å². The molecule has 0 aromatic carbocycles. The zero-order valence-electron chi connectivity index (χ0n) is 11.0. The Morgan fingerprint density at radius 1 is 1.42 bits per heavy atom. The van der Waals surface area contributed by atoms with Crippen LogP contribution >= 0.6 is 0 Å². The van der Waals surface area contributed by atoms with Crippen LogP contribution in [0.25, 0.3) is 0 Å². The standard InChI is InChI=1S/C14H17N3O2/c1-11(18)17-7-4-14(5-8-17)9-13(16-19-14)12-3-2-6-15-10-12/h2-3,6,10H,4-5,7-9H2,1H3. The number of rotatable bonds is 1. The Balaban J connectivity index is 1.67. The maximum Gasteiger partial charge on any atom is 0.219 e. The molecule has 0 N–H and O–H groups in total. The minimum atomic E-state index is -0.211. The maximum atomic E-state index is 11.3. The number of hydrogen-bond donors (Lipinski definition) is 0. The van der Waals surface area contributed by atoms with Crippen molar-refractivity contribution in [3.63, 3.8) is 0 Å². The number of nitrogens with zero attached hydrogens (tertiary/aromatic N) is 3. The summed E-state index contributed by atoms with van der Waals surface area (Å²) in [4.78, 5) is 23.0. The molecule has 0 saturated carbocycles. The van der Waals surface area contributed by atoms with E-state index in [-0.39, 0.29) is 11.5 Å². The Kier molecular flexibility index (Phi) is 2.97. The molecule has 5 heteroatoms. The molecule has 5 nitrogen and oxygen atoms in total. The zero-order valence-corrected chi connectivity index (χ0v) is 11.0. The first-order valence-electron chi connectivity index (χ1n) is 6.60. The van der Waals surface area contributed by atoms with E-state index in [0.29, 0.717) is 0 Å². The minimum absolute atomic E-state index is 0.140. The number of oxime groups is 1. The first-order chi connectivity index (χ1) is 9.19. The molecule has 2 aliphatic rings. The highest BCUT2D eigenvalue weighted by molar-refractivity contribution is 6.01. The number of likely N-dealkylation sites (tertiary alicyclic amines) is 1. The summed E-state index contributed by atoms with van der Waals surface area (Å²) in [5.41, 5.74) is 1.77. The third kappa shape index (κ3) is 2.32. The molecule has 1 saturated heterocycles. The lowest BCUT2D eigenvalue weighted by Crippen LogP contribution is -2.46. The molecule has 0 atom stereocenters. The number of pyridine rings is 1. The lowest BCUT2D eigenvalue weighted by atomic mass is 9.85. The highest BCUT2D eigenvalue weighted by Crippen LogP contribution is 2.35. The van der Waals surface area contributed by atoms with Gasteiger partial charge < -0.3 is 9.74 Å². The van der Waals surface area contributed by atoms with Crippen molar-refractivity contribution in [3.8, 4) is 0 Å². The van der Waals surface area contributed by atoms with Gasteiger partial charge in [0.1, 0.15) is 5.60 Å². The summed E-state index contributed by atoms with van der Waals surface area (Å²) in [6.07, 6.45) is 6.07. The Hall–Kier alpha value is -1.91. The third-order valence-electron chi connectivity index (χ3n) is 3.95. The van der Waals surface area contributed by atoms with Crippen LogP contribution in [0.1, 0.15) is 31.7 Å². The van der Waals surface area contributed by atoms with Crippen molar-refractivity contribution in [3.05, 3.63) is 30.1 Å². The van der Waals surface area contributed by atoms with Crippen LogP contribution in [0.15, 0.2) is 29.7 Å². The monoisotopic (exact) mass is 259 g/mol. The molecule has 2 aliphatic heterocycles. The van der Waals surface area contributed by atoms with E-state index in [2.05, 4.69) is 10.1 Å². The number of piperidine rings is 1. The molecule has 1 aromatic rings. The molecule has 3 heterocycles. The van der Waals surface area contributed by atoms with Crippen molar-refractivity contribution in [2.45, 2.75) is 31.8 Å². The van der Waals surface area contributed by atoms with E-state index in [1.165, 1.54) is 0 Å². The van der Waals surface area contributed by atoms with Gasteiger partial charge in [-0.1, -0.05) is 5.16 Å². The topological polar surface area (TPSA) is 54.8 Å². The van der Waals surface area contributed by atoms with Crippen LogP contribution in [-0.2, 0) is 9.63 Å². The molecule has 0 radical (unpaired) electrons. The molecule has 0 bridgehead atoms. The molecular formula is C14H17N3O2. The maximum absolute atomic E-state index is 11.3. The van der Waals surface area contributed by atoms with Gasteiger partial charge in [0.2, 0.25) is 5.91 Å². The van der Waals surface area contributed by atoms with Crippen LogP contribution in [0, 0.1) is 0 Å². The van der Waals surface area contributed by atoms with Gasteiger partial charge >= 0.3 is 0 Å². The summed E-state index contributed by atoms with van der Waals surface area (Å²) < 4.78 is 0. The summed E-state index contributed by atoms with van der Waals surface area (Å²) in [7, 11) is 0. The number of amides is 1. The number of carbonyl (C=O) groups is 1. The average molecular weight is 259 g/mol. The fourth-order valence-electron chi connectivity index (χ4n) is 2.71. The van der Waals surface area contributed by atoms with Crippen LogP contribution in [0.2, 0.25) is 0 Å².